The molecule has 0 saturated carbocycles. The van der Waals surface area contributed by atoms with E-state index in [4.69, 9.17) is 0 Å². The van der Waals surface area contributed by atoms with Crippen LogP contribution in [0.15, 0.2) is 71.4 Å². The molecule has 0 aliphatic rings. The van der Waals surface area contributed by atoms with Crippen molar-refractivity contribution in [1.82, 2.24) is 24.5 Å². The van der Waals surface area contributed by atoms with Gasteiger partial charge in [0.05, 0.1) is 26.6 Å². The minimum atomic E-state index is -4.47. The number of fused-ring (bicyclic) bond motifs is 3. The van der Waals surface area contributed by atoms with E-state index < -0.39 is 27.4 Å². The highest BCUT2D eigenvalue weighted by Crippen LogP contribution is 2.33. The van der Waals surface area contributed by atoms with E-state index in [2.05, 4.69) is 19.5 Å². The van der Waals surface area contributed by atoms with Crippen LogP contribution in [0.3, 0.4) is 0 Å². The molecule has 202 valence electrons. The van der Waals surface area contributed by atoms with Crippen molar-refractivity contribution in [2.45, 2.75) is 18.3 Å². The quantitative estimate of drug-likeness (QED) is 0.315. The summed E-state index contributed by atoms with van der Waals surface area (Å²) in [5.41, 5.74) is 1.91. The Bertz CT molecular complexity index is 1790. The molecule has 1 N–H and O–H groups in total. The molecule has 5 rings (SSSR count). The zero-order valence-electron chi connectivity index (χ0n) is 20.7. The van der Waals surface area contributed by atoms with Crippen LogP contribution in [0, 0.1) is 0 Å². The molecule has 9 nitrogen and oxygen atoms in total. The molecular formula is C26H23F3N6O3S. The van der Waals surface area contributed by atoms with E-state index in [-0.39, 0.29) is 30.1 Å². The lowest BCUT2D eigenvalue weighted by atomic mass is 10.1. The predicted octanol–water partition coefficient (Wildman–Crippen LogP) is 4.52. The van der Waals surface area contributed by atoms with Gasteiger partial charge in [0.2, 0.25) is 0 Å². The third-order valence-corrected chi connectivity index (χ3v) is 8.30. The molecule has 5 aromatic rings. The molecule has 0 bridgehead atoms. The summed E-state index contributed by atoms with van der Waals surface area (Å²) in [5, 5.41) is 18.6. The molecule has 0 unspecified atom stereocenters. The Balaban J connectivity index is 1.58. The average molecular weight is 557 g/mol. The molecule has 13 heteroatoms. The third-order valence-electron chi connectivity index (χ3n) is 6.09. The smallest absolute Gasteiger partial charge is 0.396 e. The van der Waals surface area contributed by atoms with E-state index in [0.717, 1.165) is 12.1 Å². The summed E-state index contributed by atoms with van der Waals surface area (Å²) in [6.07, 6.45) is -1.12. The van der Waals surface area contributed by atoms with Crippen molar-refractivity contribution in [2.24, 2.45) is 11.4 Å². The first kappa shape index (κ1) is 26.5. The summed E-state index contributed by atoms with van der Waals surface area (Å²) in [6.45, 7) is -0.193. The third kappa shape index (κ3) is 5.40. The number of pyridine rings is 1. The predicted molar refractivity (Wildman–Crippen MR) is 140 cm³/mol. The summed E-state index contributed by atoms with van der Waals surface area (Å²) in [7, 11) is -1.44. The van der Waals surface area contributed by atoms with Gasteiger partial charge in [0.25, 0.3) is 5.91 Å². The van der Waals surface area contributed by atoms with Gasteiger partial charge in [-0.1, -0.05) is 6.07 Å². The van der Waals surface area contributed by atoms with Crippen molar-refractivity contribution in [3.05, 3.63) is 83.7 Å². The zero-order valence-corrected chi connectivity index (χ0v) is 21.5. The molecule has 1 amide bonds. The Morgan fingerprint density at radius 2 is 1.87 bits per heavy atom. The summed E-state index contributed by atoms with van der Waals surface area (Å²) in [6, 6.07) is 12.8. The Labute approximate surface area is 221 Å². The average Bonchev–Trinajstić information content (AvgIpc) is 3.42. The molecule has 0 spiro atoms. The van der Waals surface area contributed by atoms with Crippen LogP contribution >= 0.6 is 0 Å². The number of aromatic nitrogens is 5. The van der Waals surface area contributed by atoms with Gasteiger partial charge in [-0.2, -0.15) is 27.4 Å². The highest BCUT2D eigenvalue weighted by molar-refractivity contribution is 7.93. The van der Waals surface area contributed by atoms with E-state index in [1.54, 1.807) is 48.3 Å². The van der Waals surface area contributed by atoms with Crippen LogP contribution in [0.2, 0.25) is 0 Å². The number of carbonyl (C=O) groups is 1. The van der Waals surface area contributed by atoms with Gasteiger partial charge < -0.3 is 5.11 Å². The zero-order chi connectivity index (χ0) is 27.8. The minimum Gasteiger partial charge on any atom is -0.396 e. The number of nitrogens with zero attached hydrogens (tertiary/aromatic N) is 6. The van der Waals surface area contributed by atoms with Crippen molar-refractivity contribution < 1.29 is 27.3 Å². The van der Waals surface area contributed by atoms with E-state index in [1.165, 1.54) is 23.0 Å². The van der Waals surface area contributed by atoms with Crippen LogP contribution < -0.4 is 0 Å². The summed E-state index contributed by atoms with van der Waals surface area (Å²) >= 11 is 0. The first-order valence-electron chi connectivity index (χ1n) is 11.9. The lowest BCUT2D eigenvalue weighted by molar-refractivity contribution is -0.137. The molecule has 0 radical (unpaired) electrons. The van der Waals surface area contributed by atoms with E-state index in [0.29, 0.717) is 33.3 Å². The Morgan fingerprint density at radius 3 is 2.54 bits per heavy atom. The van der Waals surface area contributed by atoms with Crippen LogP contribution in [-0.2, 0) is 28.7 Å². The fourth-order valence-electron chi connectivity index (χ4n) is 4.34. The second-order valence-electron chi connectivity index (χ2n) is 8.93. The minimum absolute atomic E-state index is 0.00747. The van der Waals surface area contributed by atoms with Crippen LogP contribution in [0.5, 0.6) is 0 Å². The number of aliphatic hydroxyl groups is 1. The number of aliphatic hydroxyl groups excluding tert-OH is 1. The van der Waals surface area contributed by atoms with Gasteiger partial charge in [-0.15, -0.1) is 5.10 Å². The molecule has 0 aliphatic heterocycles. The van der Waals surface area contributed by atoms with Crippen LogP contribution in [0.4, 0.5) is 13.2 Å². The van der Waals surface area contributed by atoms with E-state index >= 15 is 0 Å². The van der Waals surface area contributed by atoms with Crippen molar-refractivity contribution in [2.75, 3.05) is 12.4 Å². The number of benzene rings is 2. The lowest BCUT2D eigenvalue weighted by Gasteiger charge is -2.10. The molecular weight excluding hydrogens is 533 g/mol. The fourth-order valence-corrected chi connectivity index (χ4v) is 6.32. The molecule has 3 aromatic heterocycles. The summed E-state index contributed by atoms with van der Waals surface area (Å²) in [4.78, 5) is 18.6. The molecule has 39 heavy (non-hydrogen) atoms. The van der Waals surface area contributed by atoms with Gasteiger partial charge in [0.1, 0.15) is 5.52 Å². The monoisotopic (exact) mass is 556 g/mol. The van der Waals surface area contributed by atoms with Crippen molar-refractivity contribution >= 4 is 37.7 Å². The van der Waals surface area contributed by atoms with E-state index in [1.807, 2.05) is 0 Å². The molecule has 0 fully saturated rings. The van der Waals surface area contributed by atoms with Crippen molar-refractivity contribution in [3.8, 4) is 5.69 Å². The number of rotatable bonds is 7. The maximum atomic E-state index is 13.6. The topological polar surface area (TPSA) is 115 Å². The number of amides is 1. The van der Waals surface area contributed by atoms with Gasteiger partial charge in [-0.25, -0.2) is 4.21 Å². The SMILES string of the molecule is Cn1nc2c3cc(C(=O)N=[S@](=O)(CCCO)Cc4cccnc4)ccc3n(-c3ccc(C(F)(F)F)cc3)c2n1. The van der Waals surface area contributed by atoms with Gasteiger partial charge in [-0.05, 0) is 60.5 Å². The molecule has 0 aliphatic carbocycles. The molecule has 3 heterocycles. The lowest BCUT2D eigenvalue weighted by Crippen LogP contribution is -2.13. The standard InChI is InChI=1S/C26H23F3N6O3S/c1-34-31-23-21-14-18(25(37)33-39(38,13-3-12-36)16-17-4-2-11-30-15-17)5-10-22(21)35(24(23)32-34)20-8-6-19(7-9-20)26(27,28)29/h2,4-11,14-15,36H,3,12-13,16H2,1H3/t39-/m0/s1. The van der Waals surface area contributed by atoms with Crippen LogP contribution in [0.1, 0.15) is 27.9 Å². The maximum absolute atomic E-state index is 13.6. The largest absolute Gasteiger partial charge is 0.416 e. The first-order valence-corrected chi connectivity index (χ1v) is 13.7. The number of carbonyl (C=O) groups excluding carboxylic acids is 1. The molecule has 0 saturated heterocycles. The van der Waals surface area contributed by atoms with Crippen LogP contribution in [-0.4, -0.2) is 52.1 Å². The second-order valence-corrected chi connectivity index (χ2v) is 11.4. The van der Waals surface area contributed by atoms with Crippen molar-refractivity contribution in [3.63, 3.8) is 0 Å². The Kier molecular flexibility index (Phi) is 6.95. The number of hydrogen-bond donors (Lipinski definition) is 1. The van der Waals surface area contributed by atoms with Crippen molar-refractivity contribution in [1.29, 1.82) is 0 Å². The number of aryl methyl sites for hydroxylation is 1. The Hall–Kier alpha value is -4.10. The summed E-state index contributed by atoms with van der Waals surface area (Å²) < 4.78 is 58.7. The number of alkyl halides is 3. The van der Waals surface area contributed by atoms with E-state index in [9.17, 15) is 27.3 Å². The normalized spacial score (nSPS) is 13.6. The summed E-state index contributed by atoms with van der Waals surface area (Å²) in [5.74, 6) is -0.651. The maximum Gasteiger partial charge on any atom is 0.416 e. The fraction of sp³-hybridized carbons (Fsp3) is 0.231. The highest BCUT2D eigenvalue weighted by Gasteiger charge is 2.30. The number of hydrogen-bond acceptors (Lipinski definition) is 6. The number of halogens is 3. The molecule has 1 atom stereocenters. The first-order chi connectivity index (χ1) is 18.6. The van der Waals surface area contributed by atoms with Gasteiger partial charge in [0, 0.05) is 48.4 Å². The molecule has 2 aromatic carbocycles. The highest BCUT2D eigenvalue weighted by atomic mass is 32.2. The van der Waals surface area contributed by atoms with Gasteiger partial charge in [-0.3, -0.25) is 14.3 Å². The second kappa shape index (κ2) is 10.2. The van der Waals surface area contributed by atoms with Crippen LogP contribution in [0.25, 0.3) is 27.8 Å². The van der Waals surface area contributed by atoms with Gasteiger partial charge in [0.15, 0.2) is 5.65 Å². The van der Waals surface area contributed by atoms with Gasteiger partial charge >= 0.3 is 6.18 Å². The Morgan fingerprint density at radius 1 is 1.10 bits per heavy atom.